The lowest BCUT2D eigenvalue weighted by molar-refractivity contribution is 0.556. The van der Waals surface area contributed by atoms with E-state index in [-0.39, 0.29) is 6.04 Å². The van der Waals surface area contributed by atoms with E-state index >= 15 is 0 Å². The third kappa shape index (κ3) is 2.88. The summed E-state index contributed by atoms with van der Waals surface area (Å²) in [5.41, 5.74) is 2.11. The highest BCUT2D eigenvalue weighted by atomic mass is 79.9. The molecule has 2 heterocycles. The van der Waals surface area contributed by atoms with Gasteiger partial charge in [-0.05, 0) is 47.1 Å². The summed E-state index contributed by atoms with van der Waals surface area (Å²) in [7, 11) is 0. The van der Waals surface area contributed by atoms with Crippen LogP contribution in [0.2, 0.25) is 0 Å². The standard InChI is InChI=1S/C14H14BrN3S/c1-9(16-8-10-6-7-13(15)19-10)14-17-11-4-2-3-5-12(11)18-14/h2-7,9,16H,8H2,1H3,(H,17,18). The molecule has 0 fully saturated rings. The Morgan fingerprint density at radius 3 is 2.89 bits per heavy atom. The molecule has 98 valence electrons. The summed E-state index contributed by atoms with van der Waals surface area (Å²) in [6.07, 6.45) is 0. The second-order valence-electron chi connectivity index (χ2n) is 4.45. The van der Waals surface area contributed by atoms with Crippen molar-refractivity contribution in [1.82, 2.24) is 15.3 Å². The number of rotatable bonds is 4. The fraction of sp³-hybridized carbons (Fsp3) is 0.214. The SMILES string of the molecule is CC(NCc1ccc(Br)s1)c1nc2ccccc2[nH]1. The number of nitrogens with one attached hydrogen (secondary N) is 2. The number of aromatic nitrogens is 2. The number of benzene rings is 1. The van der Waals surface area contributed by atoms with Crippen LogP contribution in [0.25, 0.3) is 11.0 Å². The van der Waals surface area contributed by atoms with Gasteiger partial charge in [-0.3, -0.25) is 0 Å². The first-order chi connectivity index (χ1) is 9.22. The number of nitrogens with zero attached hydrogens (tertiary/aromatic N) is 1. The van der Waals surface area contributed by atoms with Crippen molar-refractivity contribution in [2.24, 2.45) is 0 Å². The van der Waals surface area contributed by atoms with Gasteiger partial charge in [0.15, 0.2) is 0 Å². The maximum absolute atomic E-state index is 4.61. The maximum atomic E-state index is 4.61. The van der Waals surface area contributed by atoms with Gasteiger partial charge in [-0.1, -0.05) is 12.1 Å². The van der Waals surface area contributed by atoms with E-state index in [0.29, 0.717) is 0 Å². The predicted octanol–water partition coefficient (Wildman–Crippen LogP) is 4.24. The molecular weight excluding hydrogens is 322 g/mol. The van der Waals surface area contributed by atoms with Crippen molar-refractivity contribution in [1.29, 1.82) is 0 Å². The molecule has 0 aliphatic carbocycles. The number of hydrogen-bond donors (Lipinski definition) is 2. The van der Waals surface area contributed by atoms with Crippen molar-refractivity contribution in [3.63, 3.8) is 0 Å². The number of para-hydroxylation sites is 2. The van der Waals surface area contributed by atoms with Crippen LogP contribution in [0.4, 0.5) is 0 Å². The molecule has 0 amide bonds. The van der Waals surface area contributed by atoms with Gasteiger partial charge in [0.25, 0.3) is 0 Å². The minimum Gasteiger partial charge on any atom is -0.341 e. The van der Waals surface area contributed by atoms with Crippen molar-refractivity contribution in [3.05, 3.63) is 50.9 Å². The molecule has 3 aromatic rings. The molecule has 5 heteroatoms. The highest BCUT2D eigenvalue weighted by Crippen LogP contribution is 2.23. The molecule has 19 heavy (non-hydrogen) atoms. The Bertz CT molecular complexity index is 656. The molecule has 0 spiro atoms. The summed E-state index contributed by atoms with van der Waals surface area (Å²) < 4.78 is 1.17. The third-order valence-corrected chi connectivity index (χ3v) is 4.65. The van der Waals surface area contributed by atoms with Crippen LogP contribution >= 0.6 is 27.3 Å². The molecule has 0 radical (unpaired) electrons. The van der Waals surface area contributed by atoms with E-state index in [1.807, 2.05) is 18.2 Å². The molecule has 0 aliphatic heterocycles. The highest BCUT2D eigenvalue weighted by molar-refractivity contribution is 9.11. The number of imidazole rings is 1. The molecule has 0 aliphatic rings. The first-order valence-corrected chi connectivity index (χ1v) is 7.75. The van der Waals surface area contributed by atoms with Gasteiger partial charge in [0.1, 0.15) is 5.82 Å². The van der Waals surface area contributed by atoms with Crippen LogP contribution in [0.3, 0.4) is 0 Å². The number of aromatic amines is 1. The number of thiophene rings is 1. The summed E-state index contributed by atoms with van der Waals surface area (Å²) in [5.74, 6) is 0.983. The Morgan fingerprint density at radius 1 is 1.32 bits per heavy atom. The number of fused-ring (bicyclic) bond motifs is 1. The van der Waals surface area contributed by atoms with Crippen LogP contribution in [0.1, 0.15) is 23.7 Å². The molecular formula is C14H14BrN3S. The van der Waals surface area contributed by atoms with Crippen molar-refractivity contribution < 1.29 is 0 Å². The lowest BCUT2D eigenvalue weighted by atomic mass is 10.3. The Balaban J connectivity index is 1.71. The van der Waals surface area contributed by atoms with Crippen LogP contribution in [0, 0.1) is 0 Å². The first-order valence-electron chi connectivity index (χ1n) is 6.14. The second kappa shape index (κ2) is 5.45. The Hall–Kier alpha value is -1.17. The first kappa shape index (κ1) is 12.8. The van der Waals surface area contributed by atoms with Gasteiger partial charge in [0.2, 0.25) is 0 Å². The molecule has 1 unspecified atom stereocenters. The van der Waals surface area contributed by atoms with Gasteiger partial charge in [0, 0.05) is 11.4 Å². The summed E-state index contributed by atoms with van der Waals surface area (Å²) in [6.45, 7) is 2.98. The normalized spacial score (nSPS) is 12.9. The maximum Gasteiger partial charge on any atom is 0.124 e. The molecule has 2 aromatic heterocycles. The van der Waals surface area contributed by atoms with Gasteiger partial charge in [-0.25, -0.2) is 4.98 Å². The molecule has 1 atom stereocenters. The Labute approximate surface area is 124 Å². The van der Waals surface area contributed by atoms with Gasteiger partial charge >= 0.3 is 0 Å². The summed E-state index contributed by atoms with van der Waals surface area (Å²) >= 11 is 5.23. The van der Waals surface area contributed by atoms with Crippen molar-refractivity contribution >= 4 is 38.3 Å². The third-order valence-electron chi connectivity index (χ3n) is 3.03. The van der Waals surface area contributed by atoms with Gasteiger partial charge < -0.3 is 10.3 Å². The van der Waals surface area contributed by atoms with Crippen LogP contribution in [-0.2, 0) is 6.54 Å². The van der Waals surface area contributed by atoms with Crippen molar-refractivity contribution in [2.45, 2.75) is 19.5 Å². The summed E-state index contributed by atoms with van der Waals surface area (Å²) in [5, 5.41) is 3.49. The zero-order valence-electron chi connectivity index (χ0n) is 10.5. The Morgan fingerprint density at radius 2 is 2.16 bits per heavy atom. The van der Waals surface area contributed by atoms with E-state index < -0.39 is 0 Å². The van der Waals surface area contributed by atoms with Crippen LogP contribution in [-0.4, -0.2) is 9.97 Å². The average Bonchev–Trinajstić information content (AvgIpc) is 3.01. The lowest BCUT2D eigenvalue weighted by Crippen LogP contribution is -2.18. The topological polar surface area (TPSA) is 40.7 Å². The molecule has 3 nitrogen and oxygen atoms in total. The second-order valence-corrected chi connectivity index (χ2v) is 7.00. The zero-order chi connectivity index (χ0) is 13.2. The molecule has 0 saturated carbocycles. The molecule has 2 N–H and O–H groups in total. The molecule has 0 saturated heterocycles. The number of H-pyrrole nitrogens is 1. The lowest BCUT2D eigenvalue weighted by Gasteiger charge is -2.09. The van der Waals surface area contributed by atoms with E-state index in [1.54, 1.807) is 11.3 Å². The Kier molecular flexibility index (Phi) is 3.68. The van der Waals surface area contributed by atoms with Crippen LogP contribution in [0.15, 0.2) is 40.2 Å². The monoisotopic (exact) mass is 335 g/mol. The van der Waals surface area contributed by atoms with E-state index in [4.69, 9.17) is 0 Å². The van der Waals surface area contributed by atoms with Gasteiger partial charge in [-0.15, -0.1) is 11.3 Å². The summed E-state index contributed by atoms with van der Waals surface area (Å²) in [4.78, 5) is 9.28. The zero-order valence-corrected chi connectivity index (χ0v) is 12.9. The van der Waals surface area contributed by atoms with Gasteiger partial charge in [-0.2, -0.15) is 0 Å². The minimum atomic E-state index is 0.202. The van der Waals surface area contributed by atoms with E-state index in [2.05, 4.69) is 56.3 Å². The van der Waals surface area contributed by atoms with Crippen LogP contribution in [0.5, 0.6) is 0 Å². The fourth-order valence-electron chi connectivity index (χ4n) is 1.97. The van der Waals surface area contributed by atoms with Crippen molar-refractivity contribution in [2.75, 3.05) is 0 Å². The largest absolute Gasteiger partial charge is 0.341 e. The minimum absolute atomic E-state index is 0.202. The van der Waals surface area contributed by atoms with Crippen LogP contribution < -0.4 is 5.32 Å². The molecule has 3 rings (SSSR count). The highest BCUT2D eigenvalue weighted by Gasteiger charge is 2.10. The smallest absolute Gasteiger partial charge is 0.124 e. The number of halogens is 1. The van der Waals surface area contributed by atoms with E-state index in [1.165, 1.54) is 8.66 Å². The van der Waals surface area contributed by atoms with E-state index in [0.717, 1.165) is 23.4 Å². The van der Waals surface area contributed by atoms with Gasteiger partial charge in [0.05, 0.1) is 20.9 Å². The predicted molar refractivity (Wildman–Crippen MR) is 83.4 cm³/mol. The number of hydrogen-bond acceptors (Lipinski definition) is 3. The quantitative estimate of drug-likeness (QED) is 0.748. The molecule has 1 aromatic carbocycles. The fourth-order valence-corrected chi connectivity index (χ4v) is 3.41. The molecule has 0 bridgehead atoms. The summed E-state index contributed by atoms with van der Waals surface area (Å²) in [6, 6.07) is 12.5. The average molecular weight is 336 g/mol. The van der Waals surface area contributed by atoms with E-state index in [9.17, 15) is 0 Å². The van der Waals surface area contributed by atoms with Crippen molar-refractivity contribution in [3.8, 4) is 0 Å².